The maximum atomic E-state index is 12.2. The predicted octanol–water partition coefficient (Wildman–Crippen LogP) is 3.35. The number of pyridine rings is 1. The number of rotatable bonds is 3. The fourth-order valence-electron chi connectivity index (χ4n) is 2.21. The van der Waals surface area contributed by atoms with Crippen LogP contribution < -0.4 is 4.74 Å². The monoisotopic (exact) mass is 323 g/mol. The van der Waals surface area contributed by atoms with Gasteiger partial charge in [0.05, 0.1) is 0 Å². The van der Waals surface area contributed by atoms with Crippen molar-refractivity contribution in [3.63, 3.8) is 0 Å². The van der Waals surface area contributed by atoms with Gasteiger partial charge in [0, 0.05) is 6.20 Å². The van der Waals surface area contributed by atoms with Crippen LogP contribution in [0.2, 0.25) is 0 Å². The SMILES string of the molecule is CC(O)c1nnc2ccc(-c3ccc(OC(F)(F)F)cc3)cn12. The normalized spacial score (nSPS) is 13.3. The lowest BCUT2D eigenvalue weighted by molar-refractivity contribution is -0.274. The van der Waals surface area contributed by atoms with E-state index in [1.165, 1.54) is 24.3 Å². The Hall–Kier alpha value is -2.61. The molecule has 1 unspecified atom stereocenters. The van der Waals surface area contributed by atoms with Gasteiger partial charge in [0.15, 0.2) is 11.5 Å². The van der Waals surface area contributed by atoms with Gasteiger partial charge in [0.1, 0.15) is 11.9 Å². The number of alkyl halides is 3. The molecule has 1 atom stereocenters. The van der Waals surface area contributed by atoms with Crippen LogP contribution in [0.5, 0.6) is 5.75 Å². The Morgan fingerprint density at radius 1 is 1.04 bits per heavy atom. The van der Waals surface area contributed by atoms with Crippen molar-refractivity contribution in [1.82, 2.24) is 14.6 Å². The summed E-state index contributed by atoms with van der Waals surface area (Å²) in [5.41, 5.74) is 2.02. The molecule has 1 N–H and O–H groups in total. The van der Waals surface area contributed by atoms with E-state index in [-0.39, 0.29) is 5.75 Å². The number of hydrogen-bond acceptors (Lipinski definition) is 4. The largest absolute Gasteiger partial charge is 0.573 e. The summed E-state index contributed by atoms with van der Waals surface area (Å²) in [5.74, 6) is 0.107. The van der Waals surface area contributed by atoms with E-state index in [0.717, 1.165) is 5.56 Å². The first kappa shape index (κ1) is 15.3. The Morgan fingerprint density at radius 2 is 1.70 bits per heavy atom. The molecule has 3 rings (SSSR count). The van der Waals surface area contributed by atoms with Crippen LogP contribution in [0.25, 0.3) is 16.8 Å². The lowest BCUT2D eigenvalue weighted by Crippen LogP contribution is -2.16. The molecule has 0 radical (unpaired) electrons. The number of nitrogens with zero attached hydrogens (tertiary/aromatic N) is 3. The van der Waals surface area contributed by atoms with E-state index >= 15 is 0 Å². The minimum atomic E-state index is -4.71. The lowest BCUT2D eigenvalue weighted by Gasteiger charge is -2.10. The summed E-state index contributed by atoms with van der Waals surface area (Å²) < 4.78 is 42.0. The number of aromatic nitrogens is 3. The Balaban J connectivity index is 1.95. The quantitative estimate of drug-likeness (QED) is 0.803. The molecule has 0 aliphatic carbocycles. The molecule has 0 saturated carbocycles. The third kappa shape index (κ3) is 3.26. The summed E-state index contributed by atoms with van der Waals surface area (Å²) in [7, 11) is 0. The summed E-state index contributed by atoms with van der Waals surface area (Å²) in [6, 6.07) is 9.02. The van der Waals surface area contributed by atoms with Gasteiger partial charge >= 0.3 is 6.36 Å². The van der Waals surface area contributed by atoms with Crippen molar-refractivity contribution in [3.8, 4) is 16.9 Å². The van der Waals surface area contributed by atoms with Crippen LogP contribution in [0.3, 0.4) is 0 Å². The molecule has 0 spiro atoms. The number of halogens is 3. The third-order valence-corrected chi connectivity index (χ3v) is 3.22. The van der Waals surface area contributed by atoms with Gasteiger partial charge in [0.25, 0.3) is 0 Å². The van der Waals surface area contributed by atoms with Gasteiger partial charge < -0.3 is 9.84 Å². The molecule has 2 aromatic heterocycles. The molecule has 120 valence electrons. The van der Waals surface area contributed by atoms with Crippen molar-refractivity contribution in [2.24, 2.45) is 0 Å². The molecule has 0 fully saturated rings. The molecule has 8 heteroatoms. The molecule has 0 bridgehead atoms. The highest BCUT2D eigenvalue weighted by atomic mass is 19.4. The maximum absolute atomic E-state index is 12.2. The zero-order chi connectivity index (χ0) is 16.6. The van der Waals surface area contributed by atoms with Gasteiger partial charge in [-0.1, -0.05) is 12.1 Å². The molecule has 1 aromatic carbocycles. The molecule has 3 aromatic rings. The van der Waals surface area contributed by atoms with Gasteiger partial charge in [-0.25, -0.2) is 0 Å². The van der Waals surface area contributed by atoms with Gasteiger partial charge in [-0.05, 0) is 42.3 Å². The van der Waals surface area contributed by atoms with Crippen molar-refractivity contribution in [2.45, 2.75) is 19.4 Å². The van der Waals surface area contributed by atoms with Gasteiger partial charge in [-0.3, -0.25) is 4.40 Å². The molecular weight excluding hydrogens is 311 g/mol. The predicted molar refractivity (Wildman–Crippen MR) is 75.7 cm³/mol. The first-order chi connectivity index (χ1) is 10.8. The number of fused-ring (bicyclic) bond motifs is 1. The van der Waals surface area contributed by atoms with Crippen LogP contribution in [-0.4, -0.2) is 26.1 Å². The minimum Gasteiger partial charge on any atom is -0.406 e. The smallest absolute Gasteiger partial charge is 0.406 e. The molecule has 0 aliphatic rings. The maximum Gasteiger partial charge on any atom is 0.573 e. The van der Waals surface area contributed by atoms with E-state index in [0.29, 0.717) is 17.0 Å². The highest BCUT2D eigenvalue weighted by Gasteiger charge is 2.30. The number of benzene rings is 1. The topological polar surface area (TPSA) is 59.7 Å². The minimum absolute atomic E-state index is 0.281. The first-order valence-electron chi connectivity index (χ1n) is 6.72. The van der Waals surface area contributed by atoms with E-state index in [2.05, 4.69) is 14.9 Å². The van der Waals surface area contributed by atoms with Gasteiger partial charge in [0.2, 0.25) is 0 Å². The second-order valence-corrected chi connectivity index (χ2v) is 4.95. The average Bonchev–Trinajstić information content (AvgIpc) is 2.89. The Morgan fingerprint density at radius 3 is 2.30 bits per heavy atom. The fraction of sp³-hybridized carbons (Fsp3) is 0.200. The van der Waals surface area contributed by atoms with E-state index in [9.17, 15) is 18.3 Å². The first-order valence-corrected chi connectivity index (χ1v) is 6.72. The van der Waals surface area contributed by atoms with Crippen LogP contribution in [0.4, 0.5) is 13.2 Å². The Bertz CT molecular complexity index is 826. The highest BCUT2D eigenvalue weighted by molar-refractivity contribution is 5.65. The van der Waals surface area contributed by atoms with E-state index < -0.39 is 12.5 Å². The highest BCUT2D eigenvalue weighted by Crippen LogP contribution is 2.27. The van der Waals surface area contributed by atoms with Crippen LogP contribution in [0.15, 0.2) is 42.6 Å². The molecule has 0 aliphatic heterocycles. The van der Waals surface area contributed by atoms with Crippen LogP contribution >= 0.6 is 0 Å². The van der Waals surface area contributed by atoms with Crippen molar-refractivity contribution in [1.29, 1.82) is 0 Å². The lowest BCUT2D eigenvalue weighted by atomic mass is 10.1. The zero-order valence-electron chi connectivity index (χ0n) is 11.9. The van der Waals surface area contributed by atoms with E-state index in [1.54, 1.807) is 29.7 Å². The van der Waals surface area contributed by atoms with E-state index in [1.807, 2.05) is 0 Å². The number of ether oxygens (including phenoxy) is 1. The Kier molecular flexibility index (Phi) is 3.69. The molecule has 0 amide bonds. The van der Waals surface area contributed by atoms with E-state index in [4.69, 9.17) is 0 Å². The van der Waals surface area contributed by atoms with Crippen LogP contribution in [0.1, 0.15) is 18.9 Å². The summed E-state index contributed by atoms with van der Waals surface area (Å²) in [5, 5.41) is 17.5. The van der Waals surface area contributed by atoms with Gasteiger partial charge in [-0.2, -0.15) is 0 Å². The fourth-order valence-corrected chi connectivity index (χ4v) is 2.21. The number of aliphatic hydroxyl groups is 1. The van der Waals surface area contributed by atoms with Crippen molar-refractivity contribution < 1.29 is 23.0 Å². The van der Waals surface area contributed by atoms with Crippen molar-refractivity contribution in [2.75, 3.05) is 0 Å². The third-order valence-electron chi connectivity index (χ3n) is 3.22. The summed E-state index contributed by atoms with van der Waals surface area (Å²) >= 11 is 0. The molecule has 5 nitrogen and oxygen atoms in total. The van der Waals surface area contributed by atoms with Crippen LogP contribution in [-0.2, 0) is 0 Å². The van der Waals surface area contributed by atoms with Gasteiger partial charge in [-0.15, -0.1) is 23.4 Å². The molecule has 2 heterocycles. The number of hydrogen-bond donors (Lipinski definition) is 1. The second kappa shape index (κ2) is 5.54. The Labute approximate surface area is 129 Å². The molecule has 23 heavy (non-hydrogen) atoms. The van der Waals surface area contributed by atoms with Crippen LogP contribution in [0, 0.1) is 0 Å². The second-order valence-electron chi connectivity index (χ2n) is 4.95. The zero-order valence-corrected chi connectivity index (χ0v) is 11.9. The molecular formula is C15H12F3N3O2. The number of aliphatic hydroxyl groups excluding tert-OH is 1. The standard InChI is InChI=1S/C15H12F3N3O2/c1-9(22)14-20-19-13-7-4-11(8-21(13)14)10-2-5-12(6-3-10)23-15(16,17)18/h2-9,22H,1H3. The molecule has 0 saturated heterocycles. The summed E-state index contributed by atoms with van der Waals surface area (Å²) in [4.78, 5) is 0. The average molecular weight is 323 g/mol. The van der Waals surface area contributed by atoms with Crippen molar-refractivity contribution in [3.05, 3.63) is 48.4 Å². The summed E-state index contributed by atoms with van der Waals surface area (Å²) in [6.45, 7) is 1.58. The summed E-state index contributed by atoms with van der Waals surface area (Å²) in [6.07, 6.45) is -3.78. The van der Waals surface area contributed by atoms with Crippen molar-refractivity contribution >= 4 is 5.65 Å².